The molecule has 13 heteroatoms. The van der Waals surface area contributed by atoms with E-state index in [1.54, 1.807) is 19.2 Å². The maximum absolute atomic E-state index is 14.2. The molecular formula is C45H67NO11Si. The van der Waals surface area contributed by atoms with E-state index in [0.717, 1.165) is 11.3 Å². The van der Waals surface area contributed by atoms with Crippen molar-refractivity contribution in [2.45, 2.75) is 136 Å². The molecule has 0 radical (unpaired) electrons. The summed E-state index contributed by atoms with van der Waals surface area (Å²) in [6, 6.07) is 11.2. The number of fused-ring (bicyclic) bond motifs is 2. The molecule has 58 heavy (non-hydrogen) atoms. The fraction of sp³-hybridized carbons (Fsp3) is 0.600. The molecule has 0 unspecified atom stereocenters. The number of esters is 1. The normalized spacial score (nSPS) is 23.8. The number of carbonyl (C=O) groups is 2. The molecule has 2 aliphatic rings. The van der Waals surface area contributed by atoms with E-state index in [2.05, 4.69) is 33.9 Å². The summed E-state index contributed by atoms with van der Waals surface area (Å²) in [4.78, 5) is 29.7. The summed E-state index contributed by atoms with van der Waals surface area (Å²) in [5.74, 6) is -0.717. The number of amides is 1. The number of hydrogen-bond donors (Lipinski definition) is 0. The average Bonchev–Trinajstić information content (AvgIpc) is 3.44. The van der Waals surface area contributed by atoms with Crippen molar-refractivity contribution in [1.82, 2.24) is 0 Å². The van der Waals surface area contributed by atoms with Gasteiger partial charge >= 0.3 is 12.1 Å². The number of ether oxygens (including phenoxy) is 8. The summed E-state index contributed by atoms with van der Waals surface area (Å²) >= 11 is 0. The molecule has 0 saturated carbocycles. The SMILES string of the molecule is COCOc1cc(N(CCO[Si](C)(C)C(C)(C)C)C(=O)OC(C)(C)C)cc2c1C(=O)O[C@@H](C)[C@H](C)/C=C\[C@@H](OCc1ccc(OC)cc1)[C@H]1OC(C)(C)O[C@H]1C/C=C/2. The molecule has 4 rings (SSSR count). The summed E-state index contributed by atoms with van der Waals surface area (Å²) < 4.78 is 54.8. The van der Waals surface area contributed by atoms with Gasteiger partial charge in [0.05, 0.1) is 38.7 Å². The van der Waals surface area contributed by atoms with Gasteiger partial charge in [-0.2, -0.15) is 0 Å². The minimum Gasteiger partial charge on any atom is -0.497 e. The number of rotatable bonds is 12. The van der Waals surface area contributed by atoms with Crippen molar-refractivity contribution < 1.29 is 51.9 Å². The first-order valence-electron chi connectivity index (χ1n) is 20.1. The first-order chi connectivity index (χ1) is 27.0. The van der Waals surface area contributed by atoms with Crippen molar-refractivity contribution in [2.24, 2.45) is 5.92 Å². The van der Waals surface area contributed by atoms with Gasteiger partial charge in [0, 0.05) is 19.1 Å². The first kappa shape index (κ1) is 47.0. The Hall–Kier alpha value is -3.72. The van der Waals surface area contributed by atoms with E-state index < -0.39 is 56.2 Å². The largest absolute Gasteiger partial charge is 0.497 e. The summed E-state index contributed by atoms with van der Waals surface area (Å²) in [6.07, 6.45) is 5.68. The molecule has 1 fully saturated rings. The Bertz CT molecular complexity index is 1740. The smallest absolute Gasteiger partial charge is 0.414 e. The van der Waals surface area contributed by atoms with Crippen LogP contribution in [0.25, 0.3) is 6.08 Å². The Kier molecular flexibility index (Phi) is 15.8. The predicted octanol–water partition coefficient (Wildman–Crippen LogP) is 9.70. The molecule has 2 heterocycles. The van der Waals surface area contributed by atoms with Gasteiger partial charge in [-0.05, 0) is 95.4 Å². The van der Waals surface area contributed by atoms with Gasteiger partial charge in [0.1, 0.15) is 41.0 Å². The molecule has 0 N–H and O–H groups in total. The fourth-order valence-corrected chi connectivity index (χ4v) is 7.25. The van der Waals surface area contributed by atoms with E-state index in [9.17, 15) is 9.59 Å². The van der Waals surface area contributed by atoms with Gasteiger partial charge < -0.3 is 42.3 Å². The van der Waals surface area contributed by atoms with Crippen LogP contribution in [0, 0.1) is 5.92 Å². The van der Waals surface area contributed by atoms with Crippen LogP contribution >= 0.6 is 0 Å². The van der Waals surface area contributed by atoms with Crippen molar-refractivity contribution >= 4 is 32.1 Å². The summed E-state index contributed by atoms with van der Waals surface area (Å²) in [6.45, 7) is 24.6. The molecular weight excluding hydrogens is 759 g/mol. The molecule has 0 spiro atoms. The quantitative estimate of drug-likeness (QED) is 0.0881. The van der Waals surface area contributed by atoms with Gasteiger partial charge in [-0.1, -0.05) is 64.1 Å². The molecule has 2 aliphatic heterocycles. The predicted molar refractivity (Wildman–Crippen MR) is 228 cm³/mol. The number of methoxy groups -OCH3 is 2. The highest BCUT2D eigenvalue weighted by molar-refractivity contribution is 6.74. The molecule has 2 aromatic carbocycles. The zero-order valence-corrected chi connectivity index (χ0v) is 38.1. The Balaban J connectivity index is 1.79. The Morgan fingerprint density at radius 3 is 2.29 bits per heavy atom. The lowest BCUT2D eigenvalue weighted by Crippen LogP contribution is -2.44. The average molecular weight is 826 g/mol. The Morgan fingerprint density at radius 2 is 1.67 bits per heavy atom. The van der Waals surface area contributed by atoms with Crippen molar-refractivity contribution in [2.75, 3.05) is 39.1 Å². The summed E-state index contributed by atoms with van der Waals surface area (Å²) in [5, 5.41) is -0.0270. The third-order valence-corrected chi connectivity index (χ3v) is 15.2. The highest BCUT2D eigenvalue weighted by Gasteiger charge is 2.45. The van der Waals surface area contributed by atoms with Crippen LogP contribution in [-0.4, -0.2) is 90.3 Å². The van der Waals surface area contributed by atoms with Gasteiger partial charge in [0.25, 0.3) is 0 Å². The van der Waals surface area contributed by atoms with Crippen LogP contribution in [0.4, 0.5) is 10.5 Å². The maximum Gasteiger partial charge on any atom is 0.414 e. The summed E-state index contributed by atoms with van der Waals surface area (Å²) in [7, 11) is 0.981. The van der Waals surface area contributed by atoms with Gasteiger partial charge in [0.15, 0.2) is 20.9 Å². The third-order valence-electron chi connectivity index (χ3n) is 10.6. The molecule has 1 amide bonds. The van der Waals surface area contributed by atoms with Crippen molar-refractivity contribution in [1.29, 1.82) is 0 Å². The third kappa shape index (κ3) is 12.9. The monoisotopic (exact) mass is 825 g/mol. The Morgan fingerprint density at radius 1 is 0.983 bits per heavy atom. The van der Waals surface area contributed by atoms with E-state index in [1.807, 2.05) is 97.0 Å². The van der Waals surface area contributed by atoms with Crippen LogP contribution in [-0.2, 0) is 39.5 Å². The Labute approximate surface area is 347 Å². The van der Waals surface area contributed by atoms with Crippen LogP contribution in [0.1, 0.15) is 97.1 Å². The molecule has 0 aromatic heterocycles. The lowest BCUT2D eigenvalue weighted by Gasteiger charge is -2.37. The number of nitrogens with zero attached hydrogens (tertiary/aromatic N) is 1. The zero-order valence-electron chi connectivity index (χ0n) is 37.1. The van der Waals surface area contributed by atoms with Crippen LogP contribution in [0.15, 0.2) is 54.6 Å². The second-order valence-electron chi connectivity index (χ2n) is 18.0. The lowest BCUT2D eigenvalue weighted by molar-refractivity contribution is -0.156. The highest BCUT2D eigenvalue weighted by atomic mass is 28.4. The number of anilines is 1. The van der Waals surface area contributed by atoms with Crippen LogP contribution < -0.4 is 14.4 Å². The number of hydrogen-bond acceptors (Lipinski definition) is 11. The second-order valence-corrected chi connectivity index (χ2v) is 22.8. The standard InChI is InChI=1S/C45H67NO11Si/c1-30-18-23-36(51-28-32-19-21-35(50-12)22-20-32)40-37(55-45(9,10)56-40)17-15-16-33-26-34(27-38(52-29-49-11)39(33)41(47)54-31(30)2)46(42(48)57-43(3,4)5)24-25-53-58(13,14)44(6,7)8/h15-16,18-23,26-27,30-31,36-37,40H,17,24-25,28-29H2,1-14H3/b16-15+,23-18-/t30-,31+,36-,37+,40-/m1/s1. The number of carbonyl (C=O) groups excluding carboxylic acids is 2. The van der Waals surface area contributed by atoms with Gasteiger partial charge in [-0.25, -0.2) is 9.59 Å². The topological polar surface area (TPSA) is 120 Å². The van der Waals surface area contributed by atoms with Crippen molar-refractivity contribution in [3.8, 4) is 11.5 Å². The van der Waals surface area contributed by atoms with Crippen molar-refractivity contribution in [3.63, 3.8) is 0 Å². The molecule has 12 nitrogen and oxygen atoms in total. The van der Waals surface area contributed by atoms with E-state index in [1.165, 1.54) is 12.0 Å². The van der Waals surface area contributed by atoms with E-state index in [0.29, 0.717) is 24.3 Å². The van der Waals surface area contributed by atoms with Crippen LogP contribution in [0.5, 0.6) is 11.5 Å². The molecule has 322 valence electrons. The van der Waals surface area contributed by atoms with Gasteiger partial charge in [-0.3, -0.25) is 4.90 Å². The second kappa shape index (κ2) is 19.6. The van der Waals surface area contributed by atoms with E-state index in [4.69, 9.17) is 42.3 Å². The maximum atomic E-state index is 14.2. The molecule has 2 aromatic rings. The summed E-state index contributed by atoms with van der Waals surface area (Å²) in [5.41, 5.74) is 1.33. The molecule has 0 aliphatic carbocycles. The molecule has 1 saturated heterocycles. The van der Waals surface area contributed by atoms with Crippen LogP contribution in [0.3, 0.4) is 0 Å². The van der Waals surface area contributed by atoms with Gasteiger partial charge in [0.2, 0.25) is 0 Å². The lowest BCUT2D eigenvalue weighted by atomic mass is 9.98. The highest BCUT2D eigenvalue weighted by Crippen LogP contribution is 2.38. The minimum absolute atomic E-state index is 0.0270. The minimum atomic E-state index is -2.15. The fourth-order valence-electron chi connectivity index (χ4n) is 6.22. The number of cyclic esters (lactones) is 1. The van der Waals surface area contributed by atoms with Gasteiger partial charge in [-0.15, -0.1) is 0 Å². The zero-order chi connectivity index (χ0) is 43.1. The molecule has 0 bridgehead atoms. The number of benzene rings is 2. The molecule has 5 atom stereocenters. The van der Waals surface area contributed by atoms with E-state index in [-0.39, 0.29) is 42.2 Å². The van der Waals surface area contributed by atoms with Crippen LogP contribution in [0.2, 0.25) is 18.1 Å². The van der Waals surface area contributed by atoms with E-state index >= 15 is 0 Å². The first-order valence-corrected chi connectivity index (χ1v) is 23.0. The van der Waals surface area contributed by atoms with Crippen molar-refractivity contribution in [3.05, 3.63) is 71.3 Å².